The first-order chi connectivity index (χ1) is 57.9. The molecule has 0 aromatic carbocycles. The van der Waals surface area contributed by atoms with Gasteiger partial charge >= 0.3 is 5.97 Å². The maximum Gasteiger partial charge on any atom is 0.338 e. The molecule has 6 fully saturated rings. The second-order valence-corrected chi connectivity index (χ2v) is 43.3. The highest BCUT2D eigenvalue weighted by molar-refractivity contribution is 7.90. The van der Waals surface area contributed by atoms with Crippen LogP contribution in [0.3, 0.4) is 0 Å². The number of aromatic nitrogens is 15. The monoisotopic (exact) mass is 1810 g/mol. The van der Waals surface area contributed by atoms with Crippen molar-refractivity contribution in [2.45, 2.75) is 272 Å². The number of primary sulfonamides is 1. The van der Waals surface area contributed by atoms with Crippen molar-refractivity contribution >= 4 is 76.9 Å². The predicted octanol–water partition coefficient (Wildman–Crippen LogP) is 15.8. The number of nitrogens with one attached hydrogen (secondary N) is 2. The van der Waals surface area contributed by atoms with E-state index in [1.165, 1.54) is 123 Å². The lowest BCUT2D eigenvalue weighted by Gasteiger charge is -2.34. The van der Waals surface area contributed by atoms with Crippen molar-refractivity contribution in [3.05, 3.63) is 135 Å². The van der Waals surface area contributed by atoms with Crippen molar-refractivity contribution in [3.8, 4) is 35.1 Å². The Bertz CT molecular complexity index is 5680. The number of halogens is 2. The van der Waals surface area contributed by atoms with E-state index in [1.807, 2.05) is 20.8 Å². The summed E-state index contributed by atoms with van der Waals surface area (Å²) in [5.41, 5.74) is 4.26. The molecule has 7 aliphatic rings. The third kappa shape index (κ3) is 24.5. The highest BCUT2D eigenvalue weighted by atomic mass is 35.5. The van der Waals surface area contributed by atoms with E-state index in [4.69, 9.17) is 52.6 Å². The Morgan fingerprint density at radius 2 is 1.03 bits per heavy atom. The minimum absolute atomic E-state index is 0. The van der Waals surface area contributed by atoms with E-state index in [9.17, 15) is 39.6 Å². The summed E-state index contributed by atoms with van der Waals surface area (Å²) in [6.45, 7) is 30.4. The third-order valence-electron chi connectivity index (χ3n) is 25.3. The summed E-state index contributed by atoms with van der Waals surface area (Å²) < 4.78 is 106. The van der Waals surface area contributed by atoms with Gasteiger partial charge in [-0.3, -0.25) is 23.6 Å². The maximum absolute atomic E-state index is 13.5. The average molecular weight is 1810 g/mol. The quantitative estimate of drug-likeness (QED) is 0.0331. The summed E-state index contributed by atoms with van der Waals surface area (Å²) >= 11 is 12.2. The zero-order valence-electron chi connectivity index (χ0n) is 72.5. The van der Waals surface area contributed by atoms with Gasteiger partial charge in [-0.05, 0) is 263 Å². The Hall–Kier alpha value is -9.29. The van der Waals surface area contributed by atoms with E-state index in [-0.39, 0.29) is 55.0 Å². The van der Waals surface area contributed by atoms with E-state index in [2.05, 4.69) is 117 Å². The number of anilines is 1. The Labute approximate surface area is 738 Å². The molecule has 124 heavy (non-hydrogen) atoms. The SMILES string of the molecule is C.CC1(CCOc2ccn(-c3ccc(C(=O)O)c(Cl)n3)n2)CC1.Cc1cc(S(=O)(=O)NC(=O)c2ccc(-n3ccc(OCCC4(C)CC4)n3)nc2Cl)nn1CCCC1CCC(C)(C)C1.Cc1cc(S(N)(=O)=O)nn1CCCC1CCC(C)(C)C1.Cc1cc2nn1CCCC1CN(c3nc(-n4ccc(OCCC5(C)CC5)n4)ccc3C(=O)NS2(=O)=O)C(C)(C)C1. The Balaban J connectivity index is 0.000000157. The number of amides is 2. The van der Waals surface area contributed by atoms with Crippen LogP contribution in [0, 0.1) is 65.6 Å². The number of carbonyl (C=O) groups is 3. The molecule has 1 saturated heterocycles. The minimum atomic E-state index is -4.21. The second-order valence-electron chi connectivity index (χ2n) is 37.8. The molecule has 5 N–H and O–H groups in total. The summed E-state index contributed by atoms with van der Waals surface area (Å²) in [7, 11) is -12.1. The standard InChI is InChI=1S/C29H39ClN6O4S.C28H37N7O4S.C15H16ClN3O3.C14H25N3O2S.CH4/c1-20-18-25(33-35(20)15-5-6-21-9-11-28(2,3)19-21)41(38,39)34-27(37)22-7-8-23(31-26(22)30)36-16-10-24(32-36)40-17-14-29(4)12-13-29;1-19-16-24-31-34(19)13-5-6-20-17-27(2,3)33(18-20)25-21(26(36)32-40(24,37)38)7-8-22(29-25)35-14-9-23(30-35)39-15-12-28(4)10-11-28;1-15(5-6-15)7-9-22-12-4-8-19(18-12)11-3-2-10(14(20)21)13(16)17-11;1-11-9-13(20(15,18)19)16-17(11)8-4-5-12-6-7-14(2,3)10-12;/h7-8,10,16,18,21H,5-6,9,11-15,17,19H2,1-4H3,(H,34,37);7-9,14,16,20H,5-6,10-13,15,17-18H2,1-4H3,(H,32,36);2-4,8H,5-7,9H2,1H3,(H,20,21);9,12H,4-8,10H2,1-3H3,(H2,15,18,19);1H4. The topological polar surface area (TPSA) is 400 Å². The molecule has 4 bridgehead atoms. The number of nitrogens with zero attached hydrogens (tertiary/aromatic N) is 16. The summed E-state index contributed by atoms with van der Waals surface area (Å²) in [5, 5.41) is 39.2. The molecule has 0 spiro atoms. The van der Waals surface area contributed by atoms with Crippen LogP contribution in [0.4, 0.5) is 5.82 Å². The average Bonchev–Trinajstić information content (AvgIpc) is 1.55. The van der Waals surface area contributed by atoms with E-state index in [0.29, 0.717) is 119 Å². The molecule has 16 rings (SSSR count). The zero-order valence-corrected chi connectivity index (χ0v) is 76.4. The van der Waals surface area contributed by atoms with Gasteiger partial charge in [0.05, 0.1) is 36.5 Å². The largest absolute Gasteiger partial charge is 0.478 e. The molecule has 3 atom stereocenters. The van der Waals surface area contributed by atoms with Crippen LogP contribution in [0.15, 0.2) is 106 Å². The molecule has 9 aromatic heterocycles. The molecule has 11 heterocycles. The number of carboxylic acid groups (broad SMARTS) is 1. The molecule has 32 nitrogen and oxygen atoms in total. The molecular weight excluding hydrogens is 1690 g/mol. The summed E-state index contributed by atoms with van der Waals surface area (Å²) in [5.74, 6) is 2.46. The lowest BCUT2D eigenvalue weighted by atomic mass is 9.89. The van der Waals surface area contributed by atoms with Crippen LogP contribution < -0.4 is 33.7 Å². The smallest absolute Gasteiger partial charge is 0.338 e. The van der Waals surface area contributed by atoms with Gasteiger partial charge in [0.15, 0.2) is 32.5 Å². The molecule has 2 amide bonds. The van der Waals surface area contributed by atoms with Crippen molar-refractivity contribution in [3.63, 3.8) is 0 Å². The van der Waals surface area contributed by atoms with E-state index in [1.54, 1.807) is 79.8 Å². The second kappa shape index (κ2) is 37.7. The van der Waals surface area contributed by atoms with Crippen molar-refractivity contribution in [2.24, 2.45) is 50.0 Å². The number of sulfonamides is 3. The van der Waals surface area contributed by atoms with E-state index < -0.39 is 47.9 Å². The predicted molar refractivity (Wildman–Crippen MR) is 471 cm³/mol. The lowest BCUT2D eigenvalue weighted by Crippen LogP contribution is -2.41. The summed E-state index contributed by atoms with van der Waals surface area (Å²) in [6, 6.07) is 19.0. The van der Waals surface area contributed by atoms with Crippen LogP contribution in [0.25, 0.3) is 17.5 Å². The Morgan fingerprint density at radius 3 is 1.47 bits per heavy atom. The molecule has 9 aromatic rings. The van der Waals surface area contributed by atoms with Crippen molar-refractivity contribution in [1.29, 1.82) is 0 Å². The molecular formula is C87H121Cl2N19O13S3. The van der Waals surface area contributed by atoms with Crippen molar-refractivity contribution in [2.75, 3.05) is 31.3 Å². The number of aryl methyl sites for hydroxylation is 6. The Morgan fingerprint density at radius 1 is 0.581 bits per heavy atom. The number of carboxylic acids is 1. The number of pyridine rings is 3. The fraction of sp³-hybridized carbons (Fsp3) is 0.586. The first-order valence-corrected chi connectivity index (χ1v) is 47.9. The van der Waals surface area contributed by atoms with Gasteiger partial charge in [-0.1, -0.05) is 79.1 Å². The van der Waals surface area contributed by atoms with Crippen LogP contribution in [0.2, 0.25) is 10.3 Å². The lowest BCUT2D eigenvalue weighted by molar-refractivity contribution is 0.0695. The number of nitrogens with two attached hydrogens (primary N) is 1. The third-order valence-corrected chi connectivity index (χ3v) is 29.1. The molecule has 0 radical (unpaired) electrons. The van der Waals surface area contributed by atoms with Gasteiger partial charge in [-0.2, -0.15) is 32.1 Å². The van der Waals surface area contributed by atoms with Crippen LogP contribution in [-0.2, 0) is 49.7 Å². The summed E-state index contributed by atoms with van der Waals surface area (Å²) in [6.07, 6.45) is 30.3. The number of hydrogen-bond acceptors (Lipinski definition) is 22. The molecule has 3 unspecified atom stereocenters. The van der Waals surface area contributed by atoms with Crippen LogP contribution >= 0.6 is 23.2 Å². The normalized spacial score (nSPS) is 20.1. The first-order valence-electron chi connectivity index (χ1n) is 42.6. The highest BCUT2D eigenvalue weighted by Crippen LogP contribution is 2.50. The fourth-order valence-corrected chi connectivity index (χ4v) is 19.7. The molecule has 5 aliphatic carbocycles. The van der Waals surface area contributed by atoms with Gasteiger partial charge in [-0.15, -0.1) is 15.3 Å². The molecule has 5 saturated carbocycles. The fourth-order valence-electron chi connectivity index (χ4n) is 16.7. The van der Waals surface area contributed by atoms with Gasteiger partial charge in [0.1, 0.15) is 16.1 Å². The number of carbonyl (C=O) groups excluding carboxylic acids is 2. The molecule has 37 heteroatoms. The van der Waals surface area contributed by atoms with Crippen LogP contribution in [0.1, 0.15) is 259 Å². The minimum Gasteiger partial charge on any atom is -0.478 e. The number of fused-ring (bicyclic) bond motifs is 6. The van der Waals surface area contributed by atoms with E-state index in [0.717, 1.165) is 87.3 Å². The van der Waals surface area contributed by atoms with Gasteiger partial charge in [-0.25, -0.2) is 56.8 Å². The number of ether oxygens (including phenoxy) is 3. The van der Waals surface area contributed by atoms with Crippen LogP contribution in [0.5, 0.6) is 17.6 Å². The van der Waals surface area contributed by atoms with Crippen molar-refractivity contribution in [1.82, 2.24) is 83.1 Å². The van der Waals surface area contributed by atoms with Gasteiger partial charge in [0, 0.05) is 97.7 Å². The Kier molecular flexibility index (Phi) is 28.5. The van der Waals surface area contributed by atoms with Crippen molar-refractivity contribution < 1.29 is 59.0 Å². The molecule has 674 valence electrons. The number of aromatic carboxylic acids is 1. The van der Waals surface area contributed by atoms with Gasteiger partial charge < -0.3 is 24.2 Å². The molecule has 2 aliphatic heterocycles. The summed E-state index contributed by atoms with van der Waals surface area (Å²) in [4.78, 5) is 52.6. The zero-order chi connectivity index (χ0) is 88.4. The maximum atomic E-state index is 13.5. The van der Waals surface area contributed by atoms with Crippen LogP contribution in [-0.4, -0.2) is 154 Å². The first kappa shape index (κ1) is 93.9. The highest BCUT2D eigenvalue weighted by Gasteiger charge is 2.43. The van der Waals surface area contributed by atoms with Gasteiger partial charge in [0.25, 0.3) is 41.9 Å². The van der Waals surface area contributed by atoms with Gasteiger partial charge in [0.2, 0.25) is 17.6 Å². The number of rotatable bonds is 28. The van der Waals surface area contributed by atoms with E-state index >= 15 is 0 Å². The number of hydrogen-bond donors (Lipinski definition) is 4.